The fourth-order valence-electron chi connectivity index (χ4n) is 2.99. The van der Waals surface area contributed by atoms with Crippen LogP contribution in [0.2, 0.25) is 0 Å². The minimum atomic E-state index is -0.263. The van der Waals surface area contributed by atoms with Gasteiger partial charge in [0, 0.05) is 30.4 Å². The summed E-state index contributed by atoms with van der Waals surface area (Å²) in [5.41, 5.74) is -0.234. The lowest BCUT2D eigenvalue weighted by atomic mass is 9.83. The second-order valence-electron chi connectivity index (χ2n) is 5.74. The molecule has 5 heteroatoms. The van der Waals surface area contributed by atoms with Crippen LogP contribution in [0.4, 0.5) is 4.39 Å². The van der Waals surface area contributed by atoms with Crippen LogP contribution < -0.4 is 0 Å². The molecule has 2 aliphatic rings. The first-order chi connectivity index (χ1) is 10.2. The van der Waals surface area contributed by atoms with Crippen LogP contribution in [0, 0.1) is 11.7 Å². The Labute approximate surface area is 128 Å². The Balaban J connectivity index is 1.55. The molecule has 1 aromatic carbocycles. The second-order valence-corrected chi connectivity index (χ2v) is 6.78. The molecule has 0 aliphatic carbocycles. The number of halogens is 1. The molecule has 1 spiro atoms. The van der Waals surface area contributed by atoms with Gasteiger partial charge in [0.25, 0.3) is 0 Å². The summed E-state index contributed by atoms with van der Waals surface area (Å²) in [6.45, 7) is 1.96. The smallest absolute Gasteiger partial charge is 0.146 e. The molecule has 2 heterocycles. The van der Waals surface area contributed by atoms with Crippen LogP contribution >= 0.6 is 11.8 Å². The van der Waals surface area contributed by atoms with E-state index in [0.717, 1.165) is 30.8 Å². The summed E-state index contributed by atoms with van der Waals surface area (Å²) in [4.78, 5) is 13.2. The molecule has 2 saturated heterocycles. The third-order valence-corrected chi connectivity index (χ3v) is 5.21. The van der Waals surface area contributed by atoms with Crippen LogP contribution in [0.25, 0.3) is 0 Å². The van der Waals surface area contributed by atoms with E-state index in [2.05, 4.69) is 0 Å². The SMILES string of the molecule is O=C(CSc1cccc(F)c1)C1CCOC2(CCOC2)C1. The van der Waals surface area contributed by atoms with Gasteiger partial charge >= 0.3 is 0 Å². The highest BCUT2D eigenvalue weighted by molar-refractivity contribution is 8.00. The quantitative estimate of drug-likeness (QED) is 0.801. The minimum Gasteiger partial charge on any atom is -0.378 e. The summed E-state index contributed by atoms with van der Waals surface area (Å²) in [6, 6.07) is 6.38. The molecule has 2 fully saturated rings. The second kappa shape index (κ2) is 6.46. The van der Waals surface area contributed by atoms with Gasteiger partial charge in [-0.1, -0.05) is 6.07 Å². The van der Waals surface area contributed by atoms with Crippen molar-refractivity contribution in [1.82, 2.24) is 0 Å². The summed E-state index contributed by atoms with van der Waals surface area (Å²) in [7, 11) is 0. The summed E-state index contributed by atoms with van der Waals surface area (Å²) in [5.74, 6) is 0.409. The Kier molecular flexibility index (Phi) is 4.62. The minimum absolute atomic E-state index is 0.0431. The molecular formula is C16H19FO3S. The largest absolute Gasteiger partial charge is 0.378 e. The molecule has 3 nitrogen and oxygen atoms in total. The molecule has 2 aliphatic heterocycles. The number of ether oxygens (including phenoxy) is 2. The maximum atomic E-state index is 13.1. The van der Waals surface area contributed by atoms with Crippen molar-refractivity contribution in [2.24, 2.45) is 5.92 Å². The van der Waals surface area contributed by atoms with Crippen molar-refractivity contribution in [2.45, 2.75) is 29.8 Å². The first-order valence-electron chi connectivity index (χ1n) is 7.30. The molecule has 0 aromatic heterocycles. The average molecular weight is 310 g/mol. The van der Waals surface area contributed by atoms with Crippen LogP contribution in [-0.2, 0) is 14.3 Å². The highest BCUT2D eigenvalue weighted by Gasteiger charge is 2.42. The van der Waals surface area contributed by atoms with Crippen molar-refractivity contribution in [3.05, 3.63) is 30.1 Å². The van der Waals surface area contributed by atoms with Gasteiger partial charge in [-0.05, 0) is 31.0 Å². The van der Waals surface area contributed by atoms with Crippen molar-refractivity contribution < 1.29 is 18.7 Å². The monoisotopic (exact) mass is 310 g/mol. The predicted molar refractivity (Wildman–Crippen MR) is 79.0 cm³/mol. The Bertz CT molecular complexity index is 514. The van der Waals surface area contributed by atoms with Crippen LogP contribution in [0.5, 0.6) is 0 Å². The van der Waals surface area contributed by atoms with Gasteiger partial charge in [-0.2, -0.15) is 0 Å². The molecule has 0 N–H and O–H groups in total. The van der Waals surface area contributed by atoms with E-state index < -0.39 is 0 Å². The first-order valence-corrected chi connectivity index (χ1v) is 8.28. The van der Waals surface area contributed by atoms with Crippen molar-refractivity contribution in [1.29, 1.82) is 0 Å². The average Bonchev–Trinajstić information content (AvgIpc) is 2.93. The van der Waals surface area contributed by atoms with Gasteiger partial charge in [0.1, 0.15) is 11.6 Å². The Hall–Kier alpha value is -0.910. The predicted octanol–water partition coefficient (Wildman–Crippen LogP) is 3.07. The van der Waals surface area contributed by atoms with E-state index in [4.69, 9.17) is 9.47 Å². The van der Waals surface area contributed by atoms with Crippen molar-refractivity contribution in [3.8, 4) is 0 Å². The number of benzene rings is 1. The number of carbonyl (C=O) groups is 1. The molecule has 0 bridgehead atoms. The molecule has 2 unspecified atom stereocenters. The lowest BCUT2D eigenvalue weighted by Gasteiger charge is -2.36. The summed E-state index contributed by atoms with van der Waals surface area (Å²) >= 11 is 1.41. The molecule has 3 rings (SSSR count). The van der Waals surface area contributed by atoms with E-state index in [0.29, 0.717) is 19.0 Å². The van der Waals surface area contributed by atoms with Gasteiger partial charge in [0.05, 0.1) is 18.0 Å². The molecule has 2 atom stereocenters. The Morgan fingerprint density at radius 2 is 2.33 bits per heavy atom. The zero-order chi connectivity index (χ0) is 14.7. The molecule has 114 valence electrons. The third-order valence-electron chi connectivity index (χ3n) is 4.19. The van der Waals surface area contributed by atoms with Crippen LogP contribution in [0.15, 0.2) is 29.2 Å². The lowest BCUT2D eigenvalue weighted by Crippen LogP contribution is -2.42. The molecule has 0 amide bonds. The number of carbonyl (C=O) groups excluding carboxylic acids is 1. The fourth-order valence-corrected chi connectivity index (χ4v) is 3.91. The maximum absolute atomic E-state index is 13.1. The molecule has 1 aromatic rings. The Morgan fingerprint density at radius 3 is 3.10 bits per heavy atom. The topological polar surface area (TPSA) is 35.5 Å². The number of Topliss-reactive ketones (excluding diaryl/α,β-unsaturated/α-hetero) is 1. The molecule has 0 saturated carbocycles. The number of hydrogen-bond acceptors (Lipinski definition) is 4. The van der Waals surface area contributed by atoms with Crippen LogP contribution in [0.1, 0.15) is 19.3 Å². The van der Waals surface area contributed by atoms with E-state index in [1.807, 2.05) is 6.07 Å². The number of thioether (sulfide) groups is 1. The van der Waals surface area contributed by atoms with E-state index in [9.17, 15) is 9.18 Å². The molecule has 21 heavy (non-hydrogen) atoms. The fraction of sp³-hybridized carbons (Fsp3) is 0.562. The van der Waals surface area contributed by atoms with Gasteiger partial charge in [-0.3, -0.25) is 4.79 Å². The lowest BCUT2D eigenvalue weighted by molar-refractivity contribution is -0.134. The van der Waals surface area contributed by atoms with Crippen LogP contribution in [-0.4, -0.2) is 37.0 Å². The van der Waals surface area contributed by atoms with E-state index in [1.54, 1.807) is 6.07 Å². The highest BCUT2D eigenvalue weighted by Crippen LogP contribution is 2.36. The van der Waals surface area contributed by atoms with Gasteiger partial charge in [0.2, 0.25) is 0 Å². The Morgan fingerprint density at radius 1 is 1.43 bits per heavy atom. The summed E-state index contributed by atoms with van der Waals surface area (Å²) < 4.78 is 24.4. The van der Waals surface area contributed by atoms with E-state index >= 15 is 0 Å². The first kappa shape index (κ1) is 15.0. The summed E-state index contributed by atoms with van der Waals surface area (Å²) in [6.07, 6.45) is 2.42. The van der Waals surface area contributed by atoms with E-state index in [-0.39, 0.29) is 23.1 Å². The van der Waals surface area contributed by atoms with Crippen LogP contribution in [0.3, 0.4) is 0 Å². The summed E-state index contributed by atoms with van der Waals surface area (Å²) in [5, 5.41) is 0. The van der Waals surface area contributed by atoms with Gasteiger partial charge in [-0.25, -0.2) is 4.39 Å². The standard InChI is InChI=1S/C16H19FO3S/c17-13-2-1-3-14(8-13)21-10-15(18)12-4-6-20-16(9-12)5-7-19-11-16/h1-3,8,12H,4-7,9-11H2. The number of hydrogen-bond donors (Lipinski definition) is 0. The molecular weight excluding hydrogens is 291 g/mol. The zero-order valence-corrected chi connectivity index (χ0v) is 12.7. The van der Waals surface area contributed by atoms with Gasteiger partial charge in [-0.15, -0.1) is 11.8 Å². The van der Waals surface area contributed by atoms with Crippen molar-refractivity contribution in [2.75, 3.05) is 25.6 Å². The number of rotatable bonds is 4. The van der Waals surface area contributed by atoms with E-state index in [1.165, 1.54) is 23.9 Å². The maximum Gasteiger partial charge on any atom is 0.146 e. The zero-order valence-electron chi connectivity index (χ0n) is 11.8. The molecule has 0 radical (unpaired) electrons. The third kappa shape index (κ3) is 3.65. The van der Waals surface area contributed by atoms with Gasteiger partial charge in [0.15, 0.2) is 0 Å². The number of ketones is 1. The highest BCUT2D eigenvalue weighted by atomic mass is 32.2. The van der Waals surface area contributed by atoms with Crippen molar-refractivity contribution >= 4 is 17.5 Å². The van der Waals surface area contributed by atoms with Gasteiger partial charge < -0.3 is 9.47 Å². The normalized spacial score (nSPS) is 28.9. The van der Waals surface area contributed by atoms with Crippen molar-refractivity contribution in [3.63, 3.8) is 0 Å².